The van der Waals surface area contributed by atoms with Gasteiger partial charge in [0.25, 0.3) is 5.91 Å². The molecule has 1 aliphatic rings. The maximum absolute atomic E-state index is 13.9. The van der Waals surface area contributed by atoms with Crippen LogP contribution in [0.15, 0.2) is 65.4 Å². The Kier molecular flexibility index (Phi) is 6.74. The van der Waals surface area contributed by atoms with E-state index in [4.69, 9.17) is 4.42 Å². The number of likely N-dealkylation sites (N-methyl/N-ethyl adjacent to an activating group) is 1. The number of nitrogens with zero attached hydrogens (tertiary/aromatic N) is 3. The summed E-state index contributed by atoms with van der Waals surface area (Å²) in [7, 11) is 2.00. The third-order valence-corrected chi connectivity index (χ3v) is 6.81. The van der Waals surface area contributed by atoms with Crippen molar-refractivity contribution >= 4 is 22.7 Å². The van der Waals surface area contributed by atoms with Gasteiger partial charge in [0.2, 0.25) is 0 Å². The predicted molar refractivity (Wildman–Crippen MR) is 136 cm³/mol. The van der Waals surface area contributed by atoms with Crippen LogP contribution in [0, 0.1) is 6.92 Å². The Bertz CT molecular complexity index is 1440. The molecule has 37 heavy (non-hydrogen) atoms. The summed E-state index contributed by atoms with van der Waals surface area (Å²) < 4.78 is 47.2. The minimum atomic E-state index is -4.53. The number of aromatic nitrogens is 1. The number of rotatable bonds is 5. The summed E-state index contributed by atoms with van der Waals surface area (Å²) in [6, 6.07) is 14.8. The first-order valence-corrected chi connectivity index (χ1v) is 12.0. The summed E-state index contributed by atoms with van der Waals surface area (Å²) in [4.78, 5) is 21.3. The van der Waals surface area contributed by atoms with Crippen molar-refractivity contribution in [1.29, 1.82) is 0 Å². The smallest absolute Gasteiger partial charge is 0.416 e. The number of hydrogen-bond acceptors (Lipinski definition) is 5. The van der Waals surface area contributed by atoms with E-state index in [0.29, 0.717) is 24.2 Å². The average Bonchev–Trinajstić information content (AvgIpc) is 3.34. The highest BCUT2D eigenvalue weighted by molar-refractivity contribution is 6.05. The molecule has 1 aliphatic heterocycles. The lowest BCUT2D eigenvalue weighted by Gasteiger charge is -2.33. The Hall–Kier alpha value is -3.69. The Labute approximate surface area is 212 Å². The van der Waals surface area contributed by atoms with E-state index in [-0.39, 0.29) is 17.8 Å². The van der Waals surface area contributed by atoms with E-state index in [2.05, 4.69) is 15.2 Å². The molecule has 1 amide bonds. The minimum Gasteiger partial charge on any atom is -0.443 e. The summed E-state index contributed by atoms with van der Waals surface area (Å²) in [6.07, 6.45) is -3.16. The zero-order valence-corrected chi connectivity index (χ0v) is 20.6. The van der Waals surface area contributed by atoms with Gasteiger partial charge in [0, 0.05) is 44.0 Å². The van der Waals surface area contributed by atoms with Crippen LogP contribution in [0.4, 0.5) is 18.9 Å². The van der Waals surface area contributed by atoms with Crippen LogP contribution in [0.3, 0.4) is 0 Å². The molecule has 6 nitrogen and oxygen atoms in total. The molecule has 5 rings (SSSR count). The van der Waals surface area contributed by atoms with E-state index in [1.807, 2.05) is 43.1 Å². The first-order chi connectivity index (χ1) is 17.7. The Morgan fingerprint density at radius 3 is 2.57 bits per heavy atom. The molecule has 3 aromatic carbocycles. The molecular formula is C28H27F3N4O2. The second kappa shape index (κ2) is 9.99. The van der Waals surface area contributed by atoms with Crippen molar-refractivity contribution in [1.82, 2.24) is 14.8 Å². The first kappa shape index (κ1) is 25.0. The summed E-state index contributed by atoms with van der Waals surface area (Å²) >= 11 is 0. The van der Waals surface area contributed by atoms with Crippen LogP contribution < -0.4 is 5.32 Å². The second-order valence-corrected chi connectivity index (χ2v) is 9.47. The van der Waals surface area contributed by atoms with Gasteiger partial charge < -0.3 is 14.6 Å². The molecule has 4 aromatic rings. The molecule has 9 heteroatoms. The average molecular weight is 509 g/mol. The molecule has 0 radical (unpaired) electrons. The van der Waals surface area contributed by atoms with Gasteiger partial charge in [-0.3, -0.25) is 9.69 Å². The van der Waals surface area contributed by atoms with Crippen LogP contribution >= 0.6 is 0 Å². The molecule has 0 spiro atoms. The van der Waals surface area contributed by atoms with Crippen molar-refractivity contribution in [2.75, 3.05) is 38.5 Å². The third kappa shape index (κ3) is 5.52. The molecule has 1 fully saturated rings. The third-order valence-electron chi connectivity index (χ3n) is 6.81. The maximum atomic E-state index is 13.9. The summed E-state index contributed by atoms with van der Waals surface area (Å²) in [6.45, 7) is 5.21. The summed E-state index contributed by atoms with van der Waals surface area (Å²) in [5, 5.41) is 2.64. The van der Waals surface area contributed by atoms with Crippen LogP contribution in [0.5, 0.6) is 0 Å². The van der Waals surface area contributed by atoms with Crippen LogP contribution in [-0.4, -0.2) is 53.9 Å². The number of alkyl halides is 3. The van der Waals surface area contributed by atoms with Gasteiger partial charge in [0.1, 0.15) is 5.52 Å². The van der Waals surface area contributed by atoms with Crippen LogP contribution in [-0.2, 0) is 12.7 Å². The lowest BCUT2D eigenvalue weighted by molar-refractivity contribution is -0.138. The number of fused-ring (bicyclic) bond motifs is 1. The van der Waals surface area contributed by atoms with Crippen molar-refractivity contribution in [2.24, 2.45) is 0 Å². The first-order valence-electron chi connectivity index (χ1n) is 12.0. The number of carbonyl (C=O) groups is 1. The molecule has 0 saturated carbocycles. The van der Waals surface area contributed by atoms with Gasteiger partial charge in [-0.25, -0.2) is 4.98 Å². The molecule has 1 aromatic heterocycles. The van der Waals surface area contributed by atoms with Gasteiger partial charge in [0.15, 0.2) is 12.0 Å². The zero-order chi connectivity index (χ0) is 26.2. The number of aryl methyl sites for hydroxylation is 1. The van der Waals surface area contributed by atoms with Crippen LogP contribution in [0.25, 0.3) is 22.2 Å². The van der Waals surface area contributed by atoms with Gasteiger partial charge in [-0.2, -0.15) is 13.2 Å². The Morgan fingerprint density at radius 2 is 1.81 bits per heavy atom. The highest BCUT2D eigenvalue weighted by Gasteiger charge is 2.34. The lowest BCUT2D eigenvalue weighted by atomic mass is 9.97. The van der Waals surface area contributed by atoms with Crippen molar-refractivity contribution in [3.05, 3.63) is 83.2 Å². The van der Waals surface area contributed by atoms with Crippen LogP contribution in [0.2, 0.25) is 0 Å². The topological polar surface area (TPSA) is 61.6 Å². The fourth-order valence-electron chi connectivity index (χ4n) is 4.60. The molecule has 1 saturated heterocycles. The lowest BCUT2D eigenvalue weighted by Crippen LogP contribution is -2.44. The number of benzene rings is 3. The van der Waals surface area contributed by atoms with E-state index in [1.165, 1.54) is 18.5 Å². The predicted octanol–water partition coefficient (Wildman–Crippen LogP) is 5.82. The largest absolute Gasteiger partial charge is 0.443 e. The van der Waals surface area contributed by atoms with Crippen molar-refractivity contribution < 1.29 is 22.4 Å². The number of nitrogens with one attached hydrogen (secondary N) is 1. The quantitative estimate of drug-likeness (QED) is 0.368. The van der Waals surface area contributed by atoms with E-state index in [9.17, 15) is 18.0 Å². The zero-order valence-electron chi connectivity index (χ0n) is 20.6. The summed E-state index contributed by atoms with van der Waals surface area (Å²) in [5.74, 6) is -0.484. The summed E-state index contributed by atoms with van der Waals surface area (Å²) in [5.41, 5.74) is 3.90. The van der Waals surface area contributed by atoms with E-state index >= 15 is 0 Å². The Morgan fingerprint density at radius 1 is 1.03 bits per heavy atom. The van der Waals surface area contributed by atoms with E-state index < -0.39 is 17.6 Å². The maximum Gasteiger partial charge on any atom is 0.416 e. The monoisotopic (exact) mass is 508 g/mol. The van der Waals surface area contributed by atoms with E-state index in [1.54, 1.807) is 12.1 Å². The number of anilines is 1. The van der Waals surface area contributed by atoms with Gasteiger partial charge in [-0.15, -0.1) is 0 Å². The molecule has 0 atom stereocenters. The van der Waals surface area contributed by atoms with Crippen molar-refractivity contribution in [3.63, 3.8) is 0 Å². The fraction of sp³-hybridized carbons (Fsp3) is 0.286. The fourth-order valence-corrected chi connectivity index (χ4v) is 4.60. The molecule has 0 unspecified atom stereocenters. The number of piperazine rings is 1. The van der Waals surface area contributed by atoms with Crippen molar-refractivity contribution in [2.45, 2.75) is 19.6 Å². The highest BCUT2D eigenvalue weighted by Crippen LogP contribution is 2.35. The van der Waals surface area contributed by atoms with Gasteiger partial charge >= 0.3 is 6.18 Å². The number of halogens is 3. The number of amides is 1. The number of oxazole rings is 1. The number of hydrogen-bond donors (Lipinski definition) is 1. The molecule has 2 heterocycles. The minimum absolute atomic E-state index is 0.102. The van der Waals surface area contributed by atoms with E-state index in [0.717, 1.165) is 41.4 Å². The molecule has 0 aliphatic carbocycles. The van der Waals surface area contributed by atoms with Crippen LogP contribution in [0.1, 0.15) is 27.0 Å². The molecular weight excluding hydrogens is 481 g/mol. The van der Waals surface area contributed by atoms with Gasteiger partial charge in [0.05, 0.1) is 5.56 Å². The normalized spacial score (nSPS) is 15.3. The van der Waals surface area contributed by atoms with Gasteiger partial charge in [-0.05, 0) is 72.6 Å². The standard InChI is InChI=1S/C28H27F3N4O2/c1-18-3-4-20(13-23(18)19-6-8-25-26(14-19)37-17-32-25)27(36)33-22-7-5-21(24(15-22)28(29,30)31)16-35-11-9-34(2)10-12-35/h3-8,13-15,17H,9-12,16H2,1-2H3,(H,33,36). The molecule has 0 bridgehead atoms. The molecule has 1 N–H and O–H groups in total. The second-order valence-electron chi connectivity index (χ2n) is 9.47. The number of carbonyl (C=O) groups excluding carboxylic acids is 1. The Balaban J connectivity index is 1.38. The van der Waals surface area contributed by atoms with Crippen molar-refractivity contribution in [3.8, 4) is 11.1 Å². The van der Waals surface area contributed by atoms with Gasteiger partial charge in [-0.1, -0.05) is 18.2 Å². The highest BCUT2D eigenvalue weighted by atomic mass is 19.4. The SMILES string of the molecule is Cc1ccc(C(=O)Nc2ccc(CN3CCN(C)CC3)c(C(F)(F)F)c2)cc1-c1ccc2ncoc2c1. The molecule has 192 valence electrons.